The second kappa shape index (κ2) is 9.46. The molecular formula is C13H34O3Si3. The quantitative estimate of drug-likeness (QED) is 0.423. The number of unbranched alkanes of at least 4 members (excludes halogenated alkanes) is 1. The molecule has 0 heterocycles. The maximum Gasteiger partial charge on any atom is 0.310 e. The van der Waals surface area contributed by atoms with Crippen molar-refractivity contribution < 1.29 is 13.0 Å². The van der Waals surface area contributed by atoms with Gasteiger partial charge in [0.25, 0.3) is 0 Å². The Hall–Kier alpha value is 0.531. The fourth-order valence-electron chi connectivity index (χ4n) is 2.40. The molecule has 0 aromatic heterocycles. The number of rotatable bonds is 11. The van der Waals surface area contributed by atoms with Crippen molar-refractivity contribution in [2.75, 3.05) is 13.2 Å². The molecule has 0 N–H and O–H groups in total. The van der Waals surface area contributed by atoms with Gasteiger partial charge in [0.2, 0.25) is 0 Å². The van der Waals surface area contributed by atoms with Crippen LogP contribution in [-0.4, -0.2) is 39.1 Å². The van der Waals surface area contributed by atoms with Crippen LogP contribution in [0.2, 0.25) is 44.8 Å². The number of hydrogen-bond donors (Lipinski definition) is 0. The minimum atomic E-state index is -1.94. The summed E-state index contributed by atoms with van der Waals surface area (Å²) >= 11 is 0. The summed E-state index contributed by atoms with van der Waals surface area (Å²) in [5.74, 6) is 0. The van der Waals surface area contributed by atoms with Crippen LogP contribution in [0.5, 0.6) is 0 Å². The van der Waals surface area contributed by atoms with E-state index >= 15 is 0 Å². The molecule has 0 spiro atoms. The molecule has 1 unspecified atom stereocenters. The van der Waals surface area contributed by atoms with Gasteiger partial charge in [0, 0.05) is 13.2 Å². The lowest BCUT2D eigenvalue weighted by Crippen LogP contribution is -2.50. The Kier molecular flexibility index (Phi) is 9.73. The van der Waals surface area contributed by atoms with E-state index in [2.05, 4.69) is 46.6 Å². The molecule has 0 aliphatic rings. The summed E-state index contributed by atoms with van der Waals surface area (Å²) in [6, 6.07) is 2.33. The van der Waals surface area contributed by atoms with Crippen molar-refractivity contribution in [3.63, 3.8) is 0 Å². The van der Waals surface area contributed by atoms with Crippen LogP contribution in [0.25, 0.3) is 0 Å². The molecule has 19 heavy (non-hydrogen) atoms. The summed E-state index contributed by atoms with van der Waals surface area (Å²) in [4.78, 5) is 0. The first-order chi connectivity index (χ1) is 8.74. The van der Waals surface area contributed by atoms with Crippen molar-refractivity contribution in [1.82, 2.24) is 0 Å². The highest BCUT2D eigenvalue weighted by atomic mass is 28.5. The van der Waals surface area contributed by atoms with Gasteiger partial charge < -0.3 is 13.0 Å². The zero-order valence-corrected chi connectivity index (χ0v) is 17.2. The van der Waals surface area contributed by atoms with E-state index in [9.17, 15) is 0 Å². The number of hydrogen-bond acceptors (Lipinski definition) is 3. The predicted octanol–water partition coefficient (Wildman–Crippen LogP) is 4.12. The highest BCUT2D eigenvalue weighted by molar-refractivity contribution is 6.85. The molecule has 0 saturated heterocycles. The average molecular weight is 323 g/mol. The smallest absolute Gasteiger partial charge is 0.310 e. The molecule has 6 heteroatoms. The third-order valence-electron chi connectivity index (χ3n) is 3.05. The SMILES string of the molecule is CCCC[Si](C)(CCOCC)O[Si](C)(C)O[SiH](C)C. The molecule has 0 aromatic carbocycles. The molecule has 0 fully saturated rings. The summed E-state index contributed by atoms with van der Waals surface area (Å²) in [5, 5.41) is 0. The molecule has 3 nitrogen and oxygen atoms in total. The molecule has 0 saturated carbocycles. The largest absolute Gasteiger partial charge is 0.440 e. The Morgan fingerprint density at radius 1 is 1.00 bits per heavy atom. The van der Waals surface area contributed by atoms with Crippen molar-refractivity contribution in [1.29, 1.82) is 0 Å². The van der Waals surface area contributed by atoms with Crippen LogP contribution in [-0.2, 0) is 13.0 Å². The van der Waals surface area contributed by atoms with Crippen molar-refractivity contribution in [3.8, 4) is 0 Å². The lowest BCUT2D eigenvalue weighted by atomic mass is 10.4. The summed E-state index contributed by atoms with van der Waals surface area (Å²) < 4.78 is 18.3. The summed E-state index contributed by atoms with van der Waals surface area (Å²) in [6.07, 6.45) is 2.50. The Morgan fingerprint density at radius 2 is 1.63 bits per heavy atom. The van der Waals surface area contributed by atoms with Crippen molar-refractivity contribution >= 4 is 25.9 Å². The van der Waals surface area contributed by atoms with Crippen LogP contribution < -0.4 is 0 Å². The summed E-state index contributed by atoms with van der Waals surface area (Å²) in [7, 11) is -4.64. The van der Waals surface area contributed by atoms with E-state index in [-0.39, 0.29) is 0 Å². The minimum absolute atomic E-state index is 0.800. The Bertz CT molecular complexity index is 237. The van der Waals surface area contributed by atoms with Gasteiger partial charge in [-0.1, -0.05) is 19.8 Å². The average Bonchev–Trinajstić information content (AvgIpc) is 2.24. The van der Waals surface area contributed by atoms with Gasteiger partial charge in [0.15, 0.2) is 17.4 Å². The van der Waals surface area contributed by atoms with E-state index in [1.54, 1.807) is 0 Å². The van der Waals surface area contributed by atoms with Gasteiger partial charge in [-0.3, -0.25) is 0 Å². The monoisotopic (exact) mass is 322 g/mol. The van der Waals surface area contributed by atoms with Crippen LogP contribution in [0.1, 0.15) is 26.7 Å². The second-order valence-corrected chi connectivity index (χ2v) is 16.7. The van der Waals surface area contributed by atoms with Gasteiger partial charge in [0.05, 0.1) is 0 Å². The molecule has 0 aromatic rings. The van der Waals surface area contributed by atoms with E-state index in [0.29, 0.717) is 0 Å². The van der Waals surface area contributed by atoms with Crippen LogP contribution >= 0.6 is 0 Å². The highest BCUT2D eigenvalue weighted by Gasteiger charge is 2.37. The molecular weight excluding hydrogens is 288 g/mol. The van der Waals surface area contributed by atoms with Gasteiger partial charge >= 0.3 is 8.56 Å². The van der Waals surface area contributed by atoms with E-state index in [0.717, 1.165) is 19.3 Å². The fraction of sp³-hybridized carbons (Fsp3) is 1.00. The molecule has 1 atom stereocenters. The van der Waals surface area contributed by atoms with Crippen LogP contribution in [0.15, 0.2) is 0 Å². The first kappa shape index (κ1) is 19.5. The van der Waals surface area contributed by atoms with Crippen LogP contribution in [0, 0.1) is 0 Å². The summed E-state index contributed by atoms with van der Waals surface area (Å²) in [6.45, 7) is 17.2. The molecule has 0 rings (SSSR count). The molecule has 0 amide bonds. The van der Waals surface area contributed by atoms with Gasteiger partial charge in [-0.25, -0.2) is 0 Å². The predicted molar refractivity (Wildman–Crippen MR) is 91.2 cm³/mol. The van der Waals surface area contributed by atoms with Crippen molar-refractivity contribution in [2.45, 2.75) is 71.5 Å². The molecule has 116 valence electrons. The first-order valence-corrected chi connectivity index (χ1v) is 16.1. The molecule has 0 aliphatic carbocycles. The van der Waals surface area contributed by atoms with E-state index in [4.69, 9.17) is 13.0 Å². The topological polar surface area (TPSA) is 27.7 Å². The van der Waals surface area contributed by atoms with Crippen molar-refractivity contribution in [2.24, 2.45) is 0 Å². The van der Waals surface area contributed by atoms with Crippen molar-refractivity contribution in [3.05, 3.63) is 0 Å². The lowest BCUT2D eigenvalue weighted by Gasteiger charge is -2.37. The Balaban J connectivity index is 4.54. The minimum Gasteiger partial charge on any atom is -0.440 e. The molecule has 0 radical (unpaired) electrons. The van der Waals surface area contributed by atoms with E-state index in [1.165, 1.54) is 18.9 Å². The Labute approximate surface area is 124 Å². The highest BCUT2D eigenvalue weighted by Crippen LogP contribution is 2.26. The number of ether oxygens (including phenoxy) is 1. The lowest BCUT2D eigenvalue weighted by molar-refractivity contribution is 0.158. The maximum atomic E-state index is 6.60. The van der Waals surface area contributed by atoms with Gasteiger partial charge in [-0.05, 0) is 51.7 Å². The Morgan fingerprint density at radius 3 is 2.11 bits per heavy atom. The van der Waals surface area contributed by atoms with Crippen LogP contribution in [0.4, 0.5) is 0 Å². The maximum absolute atomic E-state index is 6.60. The molecule has 0 aliphatic heterocycles. The third-order valence-corrected chi connectivity index (χ3v) is 13.8. The van der Waals surface area contributed by atoms with Gasteiger partial charge in [-0.15, -0.1) is 0 Å². The van der Waals surface area contributed by atoms with Gasteiger partial charge in [-0.2, -0.15) is 0 Å². The van der Waals surface area contributed by atoms with Crippen LogP contribution in [0.3, 0.4) is 0 Å². The zero-order chi connectivity index (χ0) is 14.9. The third kappa shape index (κ3) is 9.98. The normalized spacial score (nSPS) is 15.8. The van der Waals surface area contributed by atoms with E-state index in [1.807, 2.05) is 0 Å². The van der Waals surface area contributed by atoms with Gasteiger partial charge in [0.1, 0.15) is 0 Å². The second-order valence-electron chi connectivity index (χ2n) is 6.17. The molecule has 0 bridgehead atoms. The summed E-state index contributed by atoms with van der Waals surface area (Å²) in [5.41, 5.74) is 0. The van der Waals surface area contributed by atoms with E-state index < -0.39 is 25.9 Å². The first-order valence-electron chi connectivity index (χ1n) is 7.70. The standard InChI is InChI=1S/C13H34O3Si3/c1-8-10-12-19(7,13-11-14-9-2)16-18(5,6)15-17(3)4/h17H,8-13H2,1-7H3. The fourth-order valence-corrected chi connectivity index (χ4v) is 15.1. The zero-order valence-electron chi connectivity index (χ0n) is 14.0.